The molecule has 1 spiro atoms. The summed E-state index contributed by atoms with van der Waals surface area (Å²) in [6.07, 6.45) is 0.692. The Morgan fingerprint density at radius 1 is 1.13 bits per heavy atom. The van der Waals surface area contributed by atoms with Crippen LogP contribution in [-0.4, -0.2) is 55.9 Å². The van der Waals surface area contributed by atoms with Crippen molar-refractivity contribution in [3.05, 3.63) is 39.9 Å². The summed E-state index contributed by atoms with van der Waals surface area (Å²) in [6.45, 7) is 0.779. The SMILES string of the molecule is COC(=O)C(C(=O)OC)[C@@H](c1ccc([N+](=O)[O-])cc1)[C@@H]1CC2(CCC1=O)OCCO2. The first-order chi connectivity index (χ1) is 14.3. The minimum Gasteiger partial charge on any atom is -0.468 e. The Balaban J connectivity index is 2.07. The fourth-order valence-electron chi connectivity index (χ4n) is 4.26. The first kappa shape index (κ1) is 21.8. The highest BCUT2D eigenvalue weighted by atomic mass is 16.7. The largest absolute Gasteiger partial charge is 0.468 e. The second kappa shape index (κ2) is 8.88. The normalized spacial score (nSPS) is 21.4. The van der Waals surface area contributed by atoms with Gasteiger partial charge in [-0.2, -0.15) is 0 Å². The van der Waals surface area contributed by atoms with Gasteiger partial charge >= 0.3 is 11.9 Å². The number of Topliss-reactive ketones (excluding diaryl/α,β-unsaturated/α-hetero) is 1. The zero-order chi connectivity index (χ0) is 21.9. The number of esters is 2. The molecule has 10 nitrogen and oxygen atoms in total. The quantitative estimate of drug-likeness (QED) is 0.292. The van der Waals surface area contributed by atoms with Gasteiger partial charge in [-0.15, -0.1) is 0 Å². The smallest absolute Gasteiger partial charge is 0.320 e. The molecule has 1 saturated carbocycles. The monoisotopic (exact) mass is 421 g/mol. The van der Waals surface area contributed by atoms with E-state index >= 15 is 0 Å². The maximum Gasteiger partial charge on any atom is 0.320 e. The summed E-state index contributed by atoms with van der Waals surface area (Å²) in [5.74, 6) is -6.00. The third kappa shape index (κ3) is 4.19. The van der Waals surface area contributed by atoms with Crippen molar-refractivity contribution in [2.75, 3.05) is 27.4 Å². The number of nitrogens with zero attached hydrogens (tertiary/aromatic N) is 1. The Morgan fingerprint density at radius 2 is 1.70 bits per heavy atom. The van der Waals surface area contributed by atoms with Gasteiger partial charge in [0.2, 0.25) is 0 Å². The molecule has 162 valence electrons. The molecule has 1 aliphatic heterocycles. The third-order valence-electron chi connectivity index (χ3n) is 5.70. The maximum atomic E-state index is 12.9. The lowest BCUT2D eigenvalue weighted by Gasteiger charge is -2.40. The lowest BCUT2D eigenvalue weighted by atomic mass is 9.68. The lowest BCUT2D eigenvalue weighted by molar-refractivity contribution is -0.384. The molecule has 30 heavy (non-hydrogen) atoms. The molecular formula is C20H23NO9. The van der Waals surface area contributed by atoms with E-state index in [-0.39, 0.29) is 24.3 Å². The van der Waals surface area contributed by atoms with Crippen molar-refractivity contribution in [1.82, 2.24) is 0 Å². The van der Waals surface area contributed by atoms with Crippen molar-refractivity contribution in [2.45, 2.75) is 31.0 Å². The number of non-ortho nitro benzene ring substituents is 1. The summed E-state index contributed by atoms with van der Waals surface area (Å²) in [6, 6.07) is 5.40. The molecule has 0 N–H and O–H groups in total. The average molecular weight is 421 g/mol. The fourth-order valence-corrected chi connectivity index (χ4v) is 4.26. The molecule has 1 aliphatic carbocycles. The Kier molecular flexibility index (Phi) is 6.47. The van der Waals surface area contributed by atoms with Gasteiger partial charge in [0.25, 0.3) is 5.69 Å². The minimum atomic E-state index is -1.42. The first-order valence-electron chi connectivity index (χ1n) is 9.52. The van der Waals surface area contributed by atoms with Gasteiger partial charge in [-0.25, -0.2) is 0 Å². The molecule has 10 heteroatoms. The van der Waals surface area contributed by atoms with Gasteiger partial charge < -0.3 is 18.9 Å². The number of carbonyl (C=O) groups excluding carboxylic acids is 3. The Bertz CT molecular complexity index is 813. The number of hydrogen-bond donors (Lipinski definition) is 0. The molecule has 0 radical (unpaired) electrons. The van der Waals surface area contributed by atoms with Gasteiger partial charge in [0.05, 0.1) is 32.4 Å². The summed E-state index contributed by atoms with van der Waals surface area (Å²) in [5.41, 5.74) is 0.258. The molecule has 2 aliphatic rings. The second-order valence-corrected chi connectivity index (χ2v) is 7.28. The van der Waals surface area contributed by atoms with Gasteiger partial charge in [0.15, 0.2) is 11.7 Å². The Labute approximate surface area is 172 Å². The highest BCUT2D eigenvalue weighted by molar-refractivity contribution is 5.97. The molecular weight excluding hydrogens is 398 g/mol. The number of methoxy groups -OCH3 is 2. The molecule has 2 fully saturated rings. The van der Waals surface area contributed by atoms with Gasteiger partial charge in [-0.3, -0.25) is 24.5 Å². The second-order valence-electron chi connectivity index (χ2n) is 7.28. The molecule has 0 aromatic heterocycles. The van der Waals surface area contributed by atoms with Gasteiger partial charge in [0, 0.05) is 43.2 Å². The predicted octanol–water partition coefficient (Wildman–Crippen LogP) is 1.75. The van der Waals surface area contributed by atoms with Crippen LogP contribution in [-0.2, 0) is 33.3 Å². The molecule has 0 amide bonds. The molecule has 0 bridgehead atoms. The molecule has 3 rings (SSSR count). The van der Waals surface area contributed by atoms with E-state index in [2.05, 4.69) is 0 Å². The van der Waals surface area contributed by atoms with Crippen molar-refractivity contribution < 1.29 is 38.3 Å². The van der Waals surface area contributed by atoms with Gasteiger partial charge in [-0.05, 0) is 5.56 Å². The summed E-state index contributed by atoms with van der Waals surface area (Å²) in [5, 5.41) is 11.0. The van der Waals surface area contributed by atoms with Crippen molar-refractivity contribution in [1.29, 1.82) is 0 Å². The van der Waals surface area contributed by atoms with Crippen LogP contribution in [0.5, 0.6) is 0 Å². The van der Waals surface area contributed by atoms with Crippen LogP contribution in [0.3, 0.4) is 0 Å². The standard InChI is InChI=1S/C20H23NO9/c1-27-18(23)17(19(24)28-2)16(12-3-5-13(6-4-12)21(25)26)14-11-20(8-7-15(14)22)29-9-10-30-20/h3-6,14,16-17H,7-11H2,1-2H3/t14-,16+/m1/s1. The van der Waals surface area contributed by atoms with E-state index in [9.17, 15) is 24.5 Å². The maximum absolute atomic E-state index is 12.9. The van der Waals surface area contributed by atoms with Crippen LogP contribution >= 0.6 is 0 Å². The molecule has 2 atom stereocenters. The zero-order valence-corrected chi connectivity index (χ0v) is 16.7. The Morgan fingerprint density at radius 3 is 2.20 bits per heavy atom. The van der Waals surface area contributed by atoms with Crippen LogP contribution in [0.4, 0.5) is 5.69 Å². The van der Waals surface area contributed by atoms with Crippen LogP contribution < -0.4 is 0 Å². The Hall–Kier alpha value is -2.85. The molecule has 1 aromatic rings. The first-order valence-corrected chi connectivity index (χ1v) is 9.52. The van der Waals surface area contributed by atoms with E-state index in [1.54, 1.807) is 0 Å². The average Bonchev–Trinajstić information content (AvgIpc) is 3.21. The highest BCUT2D eigenvalue weighted by Crippen LogP contribution is 2.46. The number of nitro benzene ring substituents is 1. The number of ether oxygens (including phenoxy) is 4. The van der Waals surface area contributed by atoms with Crippen LogP contribution in [0.2, 0.25) is 0 Å². The third-order valence-corrected chi connectivity index (χ3v) is 5.70. The van der Waals surface area contributed by atoms with Gasteiger partial charge in [0.1, 0.15) is 5.78 Å². The summed E-state index contributed by atoms with van der Waals surface area (Å²) >= 11 is 0. The lowest BCUT2D eigenvalue weighted by Crippen LogP contribution is -2.46. The van der Waals surface area contributed by atoms with Crippen LogP contribution in [0, 0.1) is 22.0 Å². The molecule has 0 unspecified atom stereocenters. The van der Waals surface area contributed by atoms with Crippen molar-refractivity contribution in [3.63, 3.8) is 0 Å². The van der Waals surface area contributed by atoms with E-state index in [1.165, 1.54) is 24.3 Å². The highest BCUT2D eigenvalue weighted by Gasteiger charge is 2.52. The zero-order valence-electron chi connectivity index (χ0n) is 16.7. The predicted molar refractivity (Wildman–Crippen MR) is 100 cm³/mol. The van der Waals surface area contributed by atoms with Crippen LogP contribution in [0.1, 0.15) is 30.7 Å². The molecule has 1 saturated heterocycles. The summed E-state index contributed by atoms with van der Waals surface area (Å²) < 4.78 is 21.1. The van der Waals surface area contributed by atoms with Gasteiger partial charge in [-0.1, -0.05) is 12.1 Å². The summed E-state index contributed by atoms with van der Waals surface area (Å²) in [4.78, 5) is 48.5. The number of benzene rings is 1. The molecule has 1 aromatic carbocycles. The number of rotatable bonds is 6. The summed E-state index contributed by atoms with van der Waals surface area (Å²) in [7, 11) is 2.27. The van der Waals surface area contributed by atoms with E-state index in [0.29, 0.717) is 25.2 Å². The fraction of sp³-hybridized carbons (Fsp3) is 0.550. The minimum absolute atomic E-state index is 0.151. The number of nitro groups is 1. The molecule has 1 heterocycles. The van der Waals surface area contributed by atoms with Crippen LogP contribution in [0.25, 0.3) is 0 Å². The van der Waals surface area contributed by atoms with Crippen molar-refractivity contribution >= 4 is 23.4 Å². The van der Waals surface area contributed by atoms with Crippen molar-refractivity contribution in [3.8, 4) is 0 Å². The topological polar surface area (TPSA) is 131 Å². The number of ketones is 1. The number of hydrogen-bond acceptors (Lipinski definition) is 9. The van der Waals surface area contributed by atoms with E-state index in [1.807, 2.05) is 0 Å². The van der Waals surface area contributed by atoms with E-state index in [0.717, 1.165) is 14.2 Å². The number of carbonyl (C=O) groups is 3. The van der Waals surface area contributed by atoms with Crippen molar-refractivity contribution in [2.24, 2.45) is 11.8 Å². The van der Waals surface area contributed by atoms with E-state index in [4.69, 9.17) is 18.9 Å². The van der Waals surface area contributed by atoms with E-state index < -0.39 is 40.4 Å². The van der Waals surface area contributed by atoms with Crippen LogP contribution in [0.15, 0.2) is 24.3 Å².